The number of nitrogens with one attached hydrogen (secondary N) is 3. The lowest BCUT2D eigenvalue weighted by Gasteiger charge is -2.35. The van der Waals surface area contributed by atoms with Crippen LogP contribution in [0.4, 0.5) is 4.79 Å². The van der Waals surface area contributed by atoms with Crippen LogP contribution in [-0.2, 0) is 29.1 Å². The zero-order valence-corrected chi connectivity index (χ0v) is 30.3. The molecule has 2 aliphatic heterocycles. The van der Waals surface area contributed by atoms with Gasteiger partial charge in [0.25, 0.3) is 5.91 Å². The molecular formula is C38H48N4O8S. The van der Waals surface area contributed by atoms with E-state index in [0.29, 0.717) is 25.0 Å². The van der Waals surface area contributed by atoms with E-state index in [0.717, 1.165) is 35.6 Å². The third-order valence-corrected chi connectivity index (χ3v) is 12.0. The van der Waals surface area contributed by atoms with Crippen molar-refractivity contribution in [2.75, 3.05) is 13.2 Å². The fourth-order valence-electron chi connectivity index (χ4n) is 7.01. The summed E-state index contributed by atoms with van der Waals surface area (Å²) in [7, 11) is -3.88. The average Bonchev–Trinajstić information content (AvgIpc) is 4.01. The van der Waals surface area contributed by atoms with E-state index in [4.69, 9.17) is 9.47 Å². The van der Waals surface area contributed by atoms with Crippen LogP contribution in [0.25, 0.3) is 16.8 Å². The van der Waals surface area contributed by atoms with Gasteiger partial charge < -0.3 is 25.0 Å². The minimum atomic E-state index is -3.88. The summed E-state index contributed by atoms with van der Waals surface area (Å²) in [4.78, 5) is 56.5. The normalized spacial score (nSPS) is 28.2. The Morgan fingerprint density at radius 3 is 2.55 bits per heavy atom. The van der Waals surface area contributed by atoms with Crippen molar-refractivity contribution in [2.24, 2.45) is 11.3 Å². The number of allylic oxidation sites excluding steroid dienone is 1. The molecule has 12 nitrogen and oxygen atoms in total. The van der Waals surface area contributed by atoms with Gasteiger partial charge in [0.05, 0.1) is 18.4 Å². The van der Waals surface area contributed by atoms with Gasteiger partial charge in [0.2, 0.25) is 21.8 Å². The van der Waals surface area contributed by atoms with E-state index in [1.807, 2.05) is 63.2 Å². The Morgan fingerprint density at radius 2 is 1.84 bits per heavy atom. The number of carbonyl (C=O) groups excluding carboxylic acids is 4. The highest BCUT2D eigenvalue weighted by Gasteiger charge is 2.62. The number of fused-ring (bicyclic) bond motifs is 5. The van der Waals surface area contributed by atoms with E-state index < -0.39 is 74.1 Å². The van der Waals surface area contributed by atoms with Crippen molar-refractivity contribution >= 4 is 50.7 Å². The molecule has 4 amide bonds. The van der Waals surface area contributed by atoms with E-state index in [2.05, 4.69) is 28.0 Å². The third kappa shape index (κ3) is 7.93. The zero-order valence-electron chi connectivity index (χ0n) is 29.5. The van der Waals surface area contributed by atoms with Crippen molar-refractivity contribution in [1.29, 1.82) is 0 Å². The van der Waals surface area contributed by atoms with Gasteiger partial charge >= 0.3 is 6.09 Å². The van der Waals surface area contributed by atoms with Gasteiger partial charge in [-0.1, -0.05) is 69.3 Å². The SMILES string of the molecule is C=C[C@@H]1C[C@]1(NC(=O)[C@@H]1C[C@@H]2CN1C(=O)[C@H](C(C)(C)C)NC(=O)OCCCCC/C=C/c1c(ccc3ccccc13)O2)C(=O)NS(=O)(=O)C1CC1. The highest BCUT2D eigenvalue weighted by atomic mass is 32.2. The second-order valence-corrected chi connectivity index (χ2v) is 17.2. The highest BCUT2D eigenvalue weighted by Crippen LogP contribution is 2.45. The van der Waals surface area contributed by atoms with Crippen LogP contribution < -0.4 is 20.1 Å². The van der Waals surface area contributed by atoms with Gasteiger partial charge in [-0.15, -0.1) is 6.58 Å². The van der Waals surface area contributed by atoms with Gasteiger partial charge in [-0.2, -0.15) is 0 Å². The van der Waals surface area contributed by atoms with Crippen molar-refractivity contribution in [3.05, 3.63) is 60.7 Å². The molecule has 3 N–H and O–H groups in total. The molecule has 2 aromatic rings. The first-order chi connectivity index (χ1) is 24.2. The number of nitrogens with zero attached hydrogens (tertiary/aromatic N) is 1. The molecule has 2 saturated carbocycles. The molecule has 2 aromatic carbocycles. The van der Waals surface area contributed by atoms with Crippen LogP contribution in [0.5, 0.6) is 5.75 Å². The molecule has 2 heterocycles. The molecule has 3 fully saturated rings. The lowest BCUT2D eigenvalue weighted by molar-refractivity contribution is -0.142. The Bertz CT molecular complexity index is 1850. The maximum absolute atomic E-state index is 14.5. The molecule has 51 heavy (non-hydrogen) atoms. The summed E-state index contributed by atoms with van der Waals surface area (Å²) >= 11 is 0. The van der Waals surface area contributed by atoms with E-state index in [9.17, 15) is 27.6 Å². The number of alkyl carbamates (subject to hydrolysis) is 1. The molecule has 0 radical (unpaired) electrons. The molecule has 5 atom stereocenters. The second-order valence-electron chi connectivity index (χ2n) is 15.2. The first-order valence-electron chi connectivity index (χ1n) is 17.8. The summed E-state index contributed by atoms with van der Waals surface area (Å²) in [5.41, 5.74) is -1.40. The van der Waals surface area contributed by atoms with Crippen molar-refractivity contribution in [2.45, 2.75) is 101 Å². The Kier molecular flexibility index (Phi) is 10.2. The van der Waals surface area contributed by atoms with Crippen LogP contribution >= 0.6 is 0 Å². The molecule has 4 aliphatic rings. The van der Waals surface area contributed by atoms with Gasteiger partial charge in [-0.05, 0) is 67.2 Å². The summed E-state index contributed by atoms with van der Waals surface area (Å²) in [5, 5.41) is 6.98. The molecule has 13 heteroatoms. The summed E-state index contributed by atoms with van der Waals surface area (Å²) < 4.78 is 39.6. The van der Waals surface area contributed by atoms with Crippen LogP contribution in [0.15, 0.2) is 55.1 Å². The molecule has 0 spiro atoms. The van der Waals surface area contributed by atoms with Crippen LogP contribution in [0.1, 0.15) is 77.7 Å². The van der Waals surface area contributed by atoms with E-state index >= 15 is 0 Å². The fourth-order valence-corrected chi connectivity index (χ4v) is 8.37. The zero-order chi connectivity index (χ0) is 36.6. The van der Waals surface area contributed by atoms with Crippen LogP contribution in [0.3, 0.4) is 0 Å². The maximum atomic E-state index is 14.5. The molecule has 6 rings (SSSR count). The third-order valence-electron chi connectivity index (χ3n) is 10.2. The van der Waals surface area contributed by atoms with Gasteiger partial charge in [0, 0.05) is 17.9 Å². The van der Waals surface area contributed by atoms with Crippen molar-refractivity contribution in [1.82, 2.24) is 20.3 Å². The van der Waals surface area contributed by atoms with Crippen LogP contribution in [-0.4, -0.2) is 79.3 Å². The molecule has 0 aromatic heterocycles. The van der Waals surface area contributed by atoms with Gasteiger partial charge in [-0.25, -0.2) is 13.2 Å². The molecule has 1 saturated heterocycles. The number of cyclic esters (lactones) is 1. The Hall–Kier alpha value is -4.39. The Balaban J connectivity index is 1.34. The number of rotatable bonds is 6. The maximum Gasteiger partial charge on any atom is 0.407 e. The topological polar surface area (TPSA) is 160 Å². The van der Waals surface area contributed by atoms with Gasteiger partial charge in [0.15, 0.2) is 0 Å². The van der Waals surface area contributed by atoms with Crippen molar-refractivity contribution < 1.29 is 37.1 Å². The quantitative estimate of drug-likeness (QED) is 0.366. The Morgan fingerprint density at radius 1 is 1.08 bits per heavy atom. The number of sulfonamides is 1. The van der Waals surface area contributed by atoms with Crippen molar-refractivity contribution in [3.63, 3.8) is 0 Å². The Labute approximate surface area is 299 Å². The number of hydrogen-bond acceptors (Lipinski definition) is 8. The van der Waals surface area contributed by atoms with Crippen LogP contribution in [0, 0.1) is 11.3 Å². The molecular weight excluding hydrogens is 673 g/mol. The molecule has 2 bridgehead atoms. The summed E-state index contributed by atoms with van der Waals surface area (Å²) in [6, 6.07) is 9.72. The summed E-state index contributed by atoms with van der Waals surface area (Å²) in [6.45, 7) is 9.44. The van der Waals surface area contributed by atoms with Crippen LogP contribution in [0.2, 0.25) is 0 Å². The summed E-state index contributed by atoms with van der Waals surface area (Å²) in [5.74, 6) is -1.84. The van der Waals surface area contributed by atoms with E-state index in [-0.39, 0.29) is 26.0 Å². The lowest BCUT2D eigenvalue weighted by atomic mass is 9.85. The minimum absolute atomic E-state index is 0.0242. The minimum Gasteiger partial charge on any atom is -0.488 e. The molecule has 274 valence electrons. The first-order valence-corrected chi connectivity index (χ1v) is 19.4. The summed E-state index contributed by atoms with van der Waals surface area (Å²) in [6.07, 6.45) is 8.74. The number of carbonyl (C=O) groups is 4. The smallest absolute Gasteiger partial charge is 0.407 e. The standard InChI is InChI=1S/C38H48N4O8S/c1-5-25-22-38(25,35(45)41-51(47,48)27-17-18-27)40-33(43)30-21-26-23-42(30)34(44)32(37(2,3)4)39-36(46)49-20-12-8-6-7-9-15-29-28-14-11-10-13-24(28)16-19-31(29)50-26/h5,9-11,13-16,19,25-27,30,32H,1,6-8,12,17-18,20-23H2,2-4H3,(H,39,46)(H,40,43)(H,41,45)/b15-9+/t25-,26-,30+,32-,38-/m1/s1. The monoisotopic (exact) mass is 720 g/mol. The van der Waals surface area contributed by atoms with Gasteiger partial charge in [-0.3, -0.25) is 19.1 Å². The lowest BCUT2D eigenvalue weighted by Crippen LogP contribution is -2.60. The number of ether oxygens (including phenoxy) is 2. The van der Waals surface area contributed by atoms with Gasteiger partial charge in [0.1, 0.15) is 29.5 Å². The molecule has 2 aliphatic carbocycles. The van der Waals surface area contributed by atoms with E-state index in [1.54, 1.807) is 0 Å². The predicted octanol–water partition coefficient (Wildman–Crippen LogP) is 4.59. The number of benzene rings is 2. The van der Waals surface area contributed by atoms with E-state index in [1.165, 1.54) is 11.0 Å². The number of hydrogen-bond donors (Lipinski definition) is 3. The largest absolute Gasteiger partial charge is 0.488 e. The average molecular weight is 721 g/mol. The molecule has 0 unspecified atom stereocenters. The first kappa shape index (κ1) is 36.4. The second kappa shape index (κ2) is 14.3. The predicted molar refractivity (Wildman–Crippen MR) is 193 cm³/mol. The number of amides is 4. The highest BCUT2D eigenvalue weighted by molar-refractivity contribution is 7.91. The fraction of sp³-hybridized carbons (Fsp3) is 0.526. The van der Waals surface area contributed by atoms with Crippen molar-refractivity contribution in [3.8, 4) is 5.75 Å².